The molecule has 1 aliphatic rings. The van der Waals surface area contributed by atoms with Gasteiger partial charge in [-0.25, -0.2) is 9.97 Å². The lowest BCUT2D eigenvalue weighted by Crippen LogP contribution is -2.44. The van der Waals surface area contributed by atoms with E-state index in [9.17, 15) is 19.2 Å². The van der Waals surface area contributed by atoms with Gasteiger partial charge >= 0.3 is 0 Å². The number of amides is 2. The molecule has 34 heavy (non-hydrogen) atoms. The smallest absolute Gasteiger partial charge is 0.272 e. The lowest BCUT2D eigenvalue weighted by molar-refractivity contribution is 0.0943. The summed E-state index contributed by atoms with van der Waals surface area (Å²) in [6.07, 6.45) is 3.46. The molecular formula is C23H21N7O4. The van der Waals surface area contributed by atoms with E-state index in [0.29, 0.717) is 35.4 Å². The number of aromatic nitrogens is 3. The molecule has 5 N–H and O–H groups in total. The van der Waals surface area contributed by atoms with E-state index in [1.165, 1.54) is 19.6 Å². The standard InChI is InChI=1S/C23H21N7O4/c1-25-22(33)14-8-26-17-16(14)28-10-29-18(17)23(34)27-7-11-2-3-12-4-5-30(9-13(12)6-11)19-15(24)20(31)21(19)32/h2-3,6,8,10,26H,4-5,7,9,24H2,1H3,(H,25,33)(H,27,34). The Morgan fingerprint density at radius 2 is 1.97 bits per heavy atom. The van der Waals surface area contributed by atoms with E-state index in [4.69, 9.17) is 5.73 Å². The van der Waals surface area contributed by atoms with Gasteiger partial charge in [-0.05, 0) is 23.1 Å². The van der Waals surface area contributed by atoms with Crippen molar-refractivity contribution in [1.82, 2.24) is 25.6 Å². The second-order valence-corrected chi connectivity index (χ2v) is 8.11. The molecule has 0 saturated carbocycles. The molecule has 0 atom stereocenters. The minimum absolute atomic E-state index is 0.0249. The zero-order valence-electron chi connectivity index (χ0n) is 18.3. The normalized spacial score (nSPS) is 13.1. The Hall–Kier alpha value is -4.54. The van der Waals surface area contributed by atoms with Gasteiger partial charge in [0.2, 0.25) is 0 Å². The number of carbonyl (C=O) groups excluding carboxylic acids is 2. The highest BCUT2D eigenvalue weighted by Crippen LogP contribution is 2.26. The molecule has 0 fully saturated rings. The quantitative estimate of drug-likeness (QED) is 0.303. The highest BCUT2D eigenvalue weighted by molar-refractivity contribution is 6.10. The monoisotopic (exact) mass is 459 g/mol. The van der Waals surface area contributed by atoms with Crippen LogP contribution in [-0.4, -0.2) is 40.4 Å². The molecule has 2 aromatic carbocycles. The van der Waals surface area contributed by atoms with Crippen LogP contribution in [0.2, 0.25) is 0 Å². The summed E-state index contributed by atoms with van der Waals surface area (Å²) in [5, 5.41) is 5.39. The number of hydrogen-bond donors (Lipinski definition) is 4. The van der Waals surface area contributed by atoms with Gasteiger partial charge in [0, 0.05) is 32.9 Å². The van der Waals surface area contributed by atoms with Gasteiger partial charge in [0.1, 0.15) is 23.2 Å². The predicted molar refractivity (Wildman–Crippen MR) is 125 cm³/mol. The molecule has 0 aliphatic carbocycles. The summed E-state index contributed by atoms with van der Waals surface area (Å²) >= 11 is 0. The number of aromatic amines is 1. The van der Waals surface area contributed by atoms with Crippen LogP contribution in [0.1, 0.15) is 37.5 Å². The van der Waals surface area contributed by atoms with Crippen LogP contribution >= 0.6 is 0 Å². The van der Waals surface area contributed by atoms with E-state index in [2.05, 4.69) is 25.6 Å². The average Bonchev–Trinajstić information content (AvgIpc) is 3.30. The maximum atomic E-state index is 12.8. The molecule has 0 saturated heterocycles. The first kappa shape index (κ1) is 21.3. The highest BCUT2D eigenvalue weighted by atomic mass is 16.2. The van der Waals surface area contributed by atoms with Gasteiger partial charge in [-0.15, -0.1) is 0 Å². The molecule has 5 rings (SSSR count). The first-order chi connectivity index (χ1) is 16.4. The summed E-state index contributed by atoms with van der Waals surface area (Å²) in [4.78, 5) is 61.2. The summed E-state index contributed by atoms with van der Waals surface area (Å²) in [7, 11) is 1.52. The third-order valence-electron chi connectivity index (χ3n) is 6.12. The summed E-state index contributed by atoms with van der Waals surface area (Å²) in [5.41, 5.74) is 9.12. The highest BCUT2D eigenvalue weighted by Gasteiger charge is 2.27. The molecule has 0 radical (unpaired) electrons. The van der Waals surface area contributed by atoms with Crippen LogP contribution in [0.5, 0.6) is 0 Å². The van der Waals surface area contributed by atoms with Crippen LogP contribution in [0.3, 0.4) is 0 Å². The van der Waals surface area contributed by atoms with Crippen molar-refractivity contribution in [3.05, 3.63) is 79.1 Å². The minimum atomic E-state index is -0.624. The Balaban J connectivity index is 1.32. The summed E-state index contributed by atoms with van der Waals surface area (Å²) in [6.45, 7) is 1.32. The van der Waals surface area contributed by atoms with Crippen molar-refractivity contribution in [3.63, 3.8) is 0 Å². The molecule has 1 aliphatic heterocycles. The van der Waals surface area contributed by atoms with Gasteiger partial charge in [-0.2, -0.15) is 0 Å². The number of nitrogens with two attached hydrogens (primary N) is 1. The Bertz CT molecular complexity index is 1530. The minimum Gasteiger partial charge on any atom is -0.394 e. The number of rotatable bonds is 5. The molecule has 3 heterocycles. The van der Waals surface area contributed by atoms with E-state index in [-0.39, 0.29) is 23.8 Å². The van der Waals surface area contributed by atoms with Gasteiger partial charge in [-0.1, -0.05) is 18.2 Å². The van der Waals surface area contributed by atoms with E-state index >= 15 is 0 Å². The molecule has 0 spiro atoms. The molecular weight excluding hydrogens is 438 g/mol. The fraction of sp³-hybridized carbons (Fsp3) is 0.217. The van der Waals surface area contributed by atoms with Crippen molar-refractivity contribution in [1.29, 1.82) is 0 Å². The number of anilines is 2. The summed E-state index contributed by atoms with van der Waals surface area (Å²) in [6, 6.07) is 5.91. The van der Waals surface area contributed by atoms with Gasteiger partial charge in [0.05, 0.1) is 11.1 Å². The molecule has 0 bridgehead atoms. The summed E-state index contributed by atoms with van der Waals surface area (Å²) < 4.78 is 0. The lowest BCUT2D eigenvalue weighted by Gasteiger charge is -2.32. The molecule has 2 amide bonds. The average molecular weight is 459 g/mol. The first-order valence-electron chi connectivity index (χ1n) is 10.7. The molecule has 172 valence electrons. The Labute approximate surface area is 192 Å². The van der Waals surface area contributed by atoms with Gasteiger partial charge in [0.15, 0.2) is 5.69 Å². The van der Waals surface area contributed by atoms with Crippen LogP contribution < -0.4 is 32.1 Å². The second kappa shape index (κ2) is 8.10. The van der Waals surface area contributed by atoms with Crippen molar-refractivity contribution >= 4 is 34.2 Å². The number of H-pyrrole nitrogens is 1. The van der Waals surface area contributed by atoms with Crippen molar-refractivity contribution in [2.45, 2.75) is 19.5 Å². The lowest BCUT2D eigenvalue weighted by atomic mass is 9.96. The van der Waals surface area contributed by atoms with Crippen LogP contribution in [0.15, 0.2) is 40.3 Å². The summed E-state index contributed by atoms with van der Waals surface area (Å²) in [5.74, 6) is -0.724. The third-order valence-corrected chi connectivity index (χ3v) is 6.12. The fourth-order valence-electron chi connectivity index (χ4n) is 4.31. The number of benzene rings is 1. The zero-order chi connectivity index (χ0) is 24.0. The van der Waals surface area contributed by atoms with Crippen LogP contribution in [0, 0.1) is 0 Å². The first-order valence-corrected chi connectivity index (χ1v) is 10.7. The molecule has 11 heteroatoms. The number of nitrogens with zero attached hydrogens (tertiary/aromatic N) is 3. The Morgan fingerprint density at radius 1 is 1.15 bits per heavy atom. The SMILES string of the molecule is CNC(=O)c1c[nH]c2c(C(=O)NCc3ccc4c(c3)CN(c3c(N)c(=O)c3=O)CC4)ncnc12. The van der Waals surface area contributed by atoms with Crippen molar-refractivity contribution in [2.24, 2.45) is 0 Å². The zero-order valence-corrected chi connectivity index (χ0v) is 18.3. The van der Waals surface area contributed by atoms with E-state index in [1.807, 2.05) is 23.1 Å². The van der Waals surface area contributed by atoms with Crippen LogP contribution in [0.25, 0.3) is 11.0 Å². The van der Waals surface area contributed by atoms with Gasteiger partial charge < -0.3 is 26.3 Å². The molecule has 11 nitrogen and oxygen atoms in total. The maximum Gasteiger partial charge on any atom is 0.272 e. The van der Waals surface area contributed by atoms with Crippen molar-refractivity contribution < 1.29 is 9.59 Å². The van der Waals surface area contributed by atoms with Crippen LogP contribution in [-0.2, 0) is 19.5 Å². The Kier molecular flexibility index (Phi) is 5.08. The number of nitrogen functional groups attached to an aromatic ring is 1. The number of fused-ring (bicyclic) bond motifs is 2. The number of hydrogen-bond acceptors (Lipinski definition) is 8. The third kappa shape index (κ3) is 3.38. The largest absolute Gasteiger partial charge is 0.394 e. The molecule has 0 unspecified atom stereocenters. The Morgan fingerprint density at radius 3 is 2.74 bits per heavy atom. The number of nitrogens with one attached hydrogen (secondary N) is 3. The van der Waals surface area contributed by atoms with Gasteiger partial charge in [0.25, 0.3) is 22.7 Å². The van der Waals surface area contributed by atoms with Crippen molar-refractivity contribution in [3.8, 4) is 0 Å². The topological polar surface area (TPSA) is 163 Å². The van der Waals surface area contributed by atoms with E-state index in [0.717, 1.165) is 23.1 Å². The molecule has 4 aromatic rings. The second-order valence-electron chi connectivity index (χ2n) is 8.11. The number of carbonyl (C=O) groups is 2. The molecule has 2 aromatic heterocycles. The fourth-order valence-corrected chi connectivity index (χ4v) is 4.31. The maximum absolute atomic E-state index is 12.8. The van der Waals surface area contributed by atoms with Gasteiger partial charge in [-0.3, -0.25) is 19.2 Å². The van der Waals surface area contributed by atoms with E-state index < -0.39 is 16.8 Å². The van der Waals surface area contributed by atoms with Crippen LogP contribution in [0.4, 0.5) is 11.4 Å². The van der Waals surface area contributed by atoms with E-state index in [1.54, 1.807) is 0 Å². The van der Waals surface area contributed by atoms with Crippen molar-refractivity contribution in [2.75, 3.05) is 24.2 Å². The predicted octanol–water partition coefficient (Wildman–Crippen LogP) is -0.0116.